The zero-order valence-electron chi connectivity index (χ0n) is 14.2. The number of aryl methyl sites for hydroxylation is 2. The molecule has 4 nitrogen and oxygen atoms in total. The number of nitrogens with zero attached hydrogens (tertiary/aromatic N) is 2. The number of rotatable bonds is 5. The number of anilines is 1. The SMILES string of the molecule is Cc1ccc(NC(N)=NCCCN2CCCC(C)C2)cc1C. The van der Waals surface area contributed by atoms with Gasteiger partial charge in [0.25, 0.3) is 0 Å². The maximum absolute atomic E-state index is 5.96. The maximum atomic E-state index is 5.96. The Balaban J connectivity index is 1.72. The van der Waals surface area contributed by atoms with Crippen molar-refractivity contribution in [2.75, 3.05) is 31.5 Å². The van der Waals surface area contributed by atoms with E-state index >= 15 is 0 Å². The highest BCUT2D eigenvalue weighted by atomic mass is 15.1. The van der Waals surface area contributed by atoms with E-state index in [4.69, 9.17) is 5.73 Å². The number of piperidine rings is 1. The van der Waals surface area contributed by atoms with Gasteiger partial charge < -0.3 is 16.0 Å². The topological polar surface area (TPSA) is 53.6 Å². The second kappa shape index (κ2) is 8.18. The number of likely N-dealkylation sites (tertiary alicyclic amines) is 1. The fourth-order valence-corrected chi connectivity index (χ4v) is 2.99. The van der Waals surface area contributed by atoms with Gasteiger partial charge in [-0.25, -0.2) is 0 Å². The predicted octanol–water partition coefficient (Wildman–Crippen LogP) is 3.15. The van der Waals surface area contributed by atoms with Gasteiger partial charge in [-0.3, -0.25) is 4.99 Å². The van der Waals surface area contributed by atoms with Crippen LogP contribution in [0.2, 0.25) is 0 Å². The molecule has 1 aromatic rings. The number of hydrogen-bond acceptors (Lipinski definition) is 2. The molecule has 0 saturated carbocycles. The Morgan fingerprint density at radius 3 is 2.91 bits per heavy atom. The average Bonchev–Trinajstić information content (AvgIpc) is 2.48. The van der Waals surface area contributed by atoms with Crippen molar-refractivity contribution in [3.05, 3.63) is 29.3 Å². The van der Waals surface area contributed by atoms with Gasteiger partial charge >= 0.3 is 0 Å². The van der Waals surface area contributed by atoms with Crippen LogP contribution < -0.4 is 11.1 Å². The van der Waals surface area contributed by atoms with Crippen LogP contribution in [0.5, 0.6) is 0 Å². The van der Waals surface area contributed by atoms with Gasteiger partial charge in [0.2, 0.25) is 0 Å². The normalized spacial score (nSPS) is 20.1. The molecule has 1 unspecified atom stereocenters. The molecular weight excluding hydrogens is 272 g/mol. The molecule has 0 bridgehead atoms. The lowest BCUT2D eigenvalue weighted by molar-refractivity contribution is 0.183. The molecule has 0 spiro atoms. The smallest absolute Gasteiger partial charge is 0.193 e. The van der Waals surface area contributed by atoms with Crippen LogP contribution in [0, 0.1) is 19.8 Å². The van der Waals surface area contributed by atoms with Crippen molar-refractivity contribution in [3.8, 4) is 0 Å². The number of benzene rings is 1. The molecular formula is C18H30N4. The van der Waals surface area contributed by atoms with E-state index in [1.807, 2.05) is 6.07 Å². The highest BCUT2D eigenvalue weighted by Crippen LogP contribution is 2.15. The van der Waals surface area contributed by atoms with Crippen molar-refractivity contribution in [3.63, 3.8) is 0 Å². The summed E-state index contributed by atoms with van der Waals surface area (Å²) in [5, 5.41) is 3.17. The van der Waals surface area contributed by atoms with E-state index in [2.05, 4.69) is 48.1 Å². The van der Waals surface area contributed by atoms with Crippen molar-refractivity contribution in [1.29, 1.82) is 0 Å². The van der Waals surface area contributed by atoms with Crippen molar-refractivity contribution >= 4 is 11.6 Å². The zero-order valence-corrected chi connectivity index (χ0v) is 14.2. The molecule has 22 heavy (non-hydrogen) atoms. The molecule has 1 heterocycles. The quantitative estimate of drug-likeness (QED) is 0.499. The Bertz CT molecular complexity index is 510. The standard InChI is InChI=1S/C18H30N4/c1-14-6-4-10-22(13-14)11-5-9-20-18(19)21-17-8-7-15(2)16(3)12-17/h7-8,12,14H,4-6,9-11,13H2,1-3H3,(H3,19,20,21). The lowest BCUT2D eigenvalue weighted by Gasteiger charge is -2.30. The number of guanidine groups is 1. The van der Waals surface area contributed by atoms with Crippen LogP contribution in [0.1, 0.15) is 37.3 Å². The first-order chi connectivity index (χ1) is 10.5. The van der Waals surface area contributed by atoms with E-state index in [9.17, 15) is 0 Å². The fourth-order valence-electron chi connectivity index (χ4n) is 2.99. The summed E-state index contributed by atoms with van der Waals surface area (Å²) in [6.07, 6.45) is 3.78. The third-order valence-corrected chi connectivity index (χ3v) is 4.44. The third kappa shape index (κ3) is 5.34. The van der Waals surface area contributed by atoms with Crippen LogP contribution in [0.4, 0.5) is 5.69 Å². The summed E-state index contributed by atoms with van der Waals surface area (Å²) in [6, 6.07) is 6.25. The molecule has 1 aliphatic heterocycles. The average molecular weight is 302 g/mol. The Hall–Kier alpha value is -1.55. The first-order valence-corrected chi connectivity index (χ1v) is 8.41. The molecule has 1 aromatic carbocycles. The van der Waals surface area contributed by atoms with E-state index < -0.39 is 0 Å². The summed E-state index contributed by atoms with van der Waals surface area (Å²) in [4.78, 5) is 6.98. The first-order valence-electron chi connectivity index (χ1n) is 8.41. The Morgan fingerprint density at radius 2 is 2.18 bits per heavy atom. The first kappa shape index (κ1) is 16.8. The van der Waals surface area contributed by atoms with Gasteiger partial charge in [-0.15, -0.1) is 0 Å². The van der Waals surface area contributed by atoms with Crippen LogP contribution in [0.15, 0.2) is 23.2 Å². The molecule has 1 fully saturated rings. The van der Waals surface area contributed by atoms with Gasteiger partial charge in [0.15, 0.2) is 5.96 Å². The molecule has 0 aliphatic carbocycles. The van der Waals surface area contributed by atoms with Gasteiger partial charge in [-0.2, -0.15) is 0 Å². The summed E-state index contributed by atoms with van der Waals surface area (Å²) in [5.74, 6) is 1.35. The molecule has 1 atom stereocenters. The molecule has 1 saturated heterocycles. The van der Waals surface area contributed by atoms with Gasteiger partial charge in [0, 0.05) is 18.8 Å². The van der Waals surface area contributed by atoms with Crippen LogP contribution in [-0.4, -0.2) is 37.0 Å². The third-order valence-electron chi connectivity index (χ3n) is 4.44. The van der Waals surface area contributed by atoms with Crippen molar-refractivity contribution in [2.24, 2.45) is 16.6 Å². The Morgan fingerprint density at radius 1 is 1.36 bits per heavy atom. The fraction of sp³-hybridized carbons (Fsp3) is 0.611. The minimum Gasteiger partial charge on any atom is -0.370 e. The van der Waals surface area contributed by atoms with E-state index in [1.54, 1.807) is 0 Å². The minimum absolute atomic E-state index is 0.510. The van der Waals surface area contributed by atoms with Crippen LogP contribution in [-0.2, 0) is 0 Å². The van der Waals surface area contributed by atoms with E-state index in [-0.39, 0.29) is 0 Å². The van der Waals surface area contributed by atoms with E-state index in [0.717, 1.165) is 31.1 Å². The highest BCUT2D eigenvalue weighted by Gasteiger charge is 2.15. The monoisotopic (exact) mass is 302 g/mol. The van der Waals surface area contributed by atoms with Crippen molar-refractivity contribution < 1.29 is 0 Å². The number of nitrogens with two attached hydrogens (primary N) is 1. The van der Waals surface area contributed by atoms with E-state index in [1.165, 1.54) is 37.1 Å². The summed E-state index contributed by atoms with van der Waals surface area (Å²) >= 11 is 0. The highest BCUT2D eigenvalue weighted by molar-refractivity contribution is 5.92. The summed E-state index contributed by atoms with van der Waals surface area (Å²) in [5.41, 5.74) is 9.52. The lowest BCUT2D eigenvalue weighted by atomic mass is 10.0. The lowest BCUT2D eigenvalue weighted by Crippen LogP contribution is -2.35. The number of hydrogen-bond donors (Lipinski definition) is 2. The van der Waals surface area contributed by atoms with Gasteiger partial charge in [0.05, 0.1) is 0 Å². The molecule has 0 amide bonds. The zero-order chi connectivity index (χ0) is 15.9. The van der Waals surface area contributed by atoms with Crippen LogP contribution in [0.25, 0.3) is 0 Å². The number of aliphatic imine (C=N–C) groups is 1. The molecule has 122 valence electrons. The molecule has 0 aromatic heterocycles. The van der Waals surface area contributed by atoms with E-state index in [0.29, 0.717) is 5.96 Å². The Labute approximate surface area is 134 Å². The molecule has 0 radical (unpaired) electrons. The second-order valence-corrected chi connectivity index (χ2v) is 6.59. The number of nitrogens with one attached hydrogen (secondary N) is 1. The minimum atomic E-state index is 0.510. The molecule has 1 aliphatic rings. The Kier molecular flexibility index (Phi) is 6.25. The van der Waals surface area contributed by atoms with Gasteiger partial charge in [-0.05, 0) is 75.4 Å². The molecule has 3 N–H and O–H groups in total. The van der Waals surface area contributed by atoms with Crippen LogP contribution >= 0.6 is 0 Å². The second-order valence-electron chi connectivity index (χ2n) is 6.59. The largest absolute Gasteiger partial charge is 0.370 e. The molecule has 2 rings (SSSR count). The van der Waals surface area contributed by atoms with Gasteiger partial charge in [0.1, 0.15) is 0 Å². The van der Waals surface area contributed by atoms with Crippen molar-refractivity contribution in [1.82, 2.24) is 4.90 Å². The molecule has 4 heteroatoms. The predicted molar refractivity (Wildman–Crippen MR) is 95.5 cm³/mol. The summed E-state index contributed by atoms with van der Waals surface area (Å²) in [7, 11) is 0. The van der Waals surface area contributed by atoms with Crippen molar-refractivity contribution in [2.45, 2.75) is 40.0 Å². The van der Waals surface area contributed by atoms with Crippen LogP contribution in [0.3, 0.4) is 0 Å². The van der Waals surface area contributed by atoms with Gasteiger partial charge in [-0.1, -0.05) is 13.0 Å². The summed E-state index contributed by atoms with van der Waals surface area (Å²) in [6.45, 7) is 10.9. The maximum Gasteiger partial charge on any atom is 0.193 e. The summed E-state index contributed by atoms with van der Waals surface area (Å²) < 4.78 is 0.